The zero-order chi connectivity index (χ0) is 15.1. The number of amides is 1. The number of carbonyl (C=O) groups excluding carboxylic acids is 2. The number of nitrogens with two attached hydrogens (primary N) is 1. The summed E-state index contributed by atoms with van der Waals surface area (Å²) in [5.41, 5.74) is 5.18. The molecule has 19 heavy (non-hydrogen) atoms. The van der Waals surface area contributed by atoms with E-state index in [0.717, 1.165) is 0 Å². The Hall–Kier alpha value is -1.10. The van der Waals surface area contributed by atoms with Gasteiger partial charge < -0.3 is 15.8 Å². The molecule has 0 aliphatic rings. The van der Waals surface area contributed by atoms with Crippen molar-refractivity contribution in [1.29, 1.82) is 0 Å². The zero-order valence-electron chi connectivity index (χ0n) is 12.8. The van der Waals surface area contributed by atoms with E-state index in [0.29, 0.717) is 31.9 Å². The fourth-order valence-electron chi connectivity index (χ4n) is 1.67. The van der Waals surface area contributed by atoms with E-state index in [2.05, 4.69) is 5.32 Å². The summed E-state index contributed by atoms with van der Waals surface area (Å²) in [6.45, 7) is 10.2. The average Bonchev–Trinajstić information content (AvgIpc) is 2.27. The highest BCUT2D eigenvalue weighted by atomic mass is 16.5. The monoisotopic (exact) mass is 272 g/mol. The van der Waals surface area contributed by atoms with Crippen molar-refractivity contribution in [2.75, 3.05) is 13.2 Å². The van der Waals surface area contributed by atoms with Crippen LogP contribution >= 0.6 is 0 Å². The van der Waals surface area contributed by atoms with E-state index in [4.69, 9.17) is 10.5 Å². The molecule has 0 aromatic carbocycles. The SMILES string of the molecule is CCOC(=O)C(C)(C)CCNC(=O)[C@@H](N)CC(C)C. The van der Waals surface area contributed by atoms with Crippen LogP contribution in [0.4, 0.5) is 0 Å². The highest BCUT2D eigenvalue weighted by molar-refractivity contribution is 5.81. The van der Waals surface area contributed by atoms with E-state index in [1.165, 1.54) is 0 Å². The second-order valence-electron chi connectivity index (χ2n) is 5.88. The quantitative estimate of drug-likeness (QED) is 0.655. The summed E-state index contributed by atoms with van der Waals surface area (Å²) in [4.78, 5) is 23.4. The standard InChI is InChI=1S/C14H28N2O3/c1-6-19-13(18)14(4,5)7-8-16-12(17)11(15)9-10(2)3/h10-11H,6-9,15H2,1-5H3,(H,16,17)/t11-/m0/s1. The van der Waals surface area contributed by atoms with Gasteiger partial charge in [0.05, 0.1) is 18.1 Å². The maximum Gasteiger partial charge on any atom is 0.311 e. The number of hydrogen-bond donors (Lipinski definition) is 2. The van der Waals surface area contributed by atoms with Crippen LogP contribution in [-0.4, -0.2) is 31.1 Å². The number of rotatable bonds is 8. The molecule has 0 aliphatic heterocycles. The third-order valence-corrected chi connectivity index (χ3v) is 2.94. The van der Waals surface area contributed by atoms with Crippen molar-refractivity contribution in [2.24, 2.45) is 17.1 Å². The molecule has 0 bridgehead atoms. The minimum atomic E-state index is -0.592. The Kier molecular flexibility index (Phi) is 7.68. The van der Waals surface area contributed by atoms with E-state index >= 15 is 0 Å². The molecule has 112 valence electrons. The minimum Gasteiger partial charge on any atom is -0.466 e. The van der Waals surface area contributed by atoms with Crippen LogP contribution in [-0.2, 0) is 14.3 Å². The predicted octanol–water partition coefficient (Wildman–Crippen LogP) is 1.46. The van der Waals surface area contributed by atoms with Crippen molar-refractivity contribution in [1.82, 2.24) is 5.32 Å². The van der Waals surface area contributed by atoms with Crippen LogP contribution in [0.5, 0.6) is 0 Å². The first kappa shape index (κ1) is 17.9. The van der Waals surface area contributed by atoms with Gasteiger partial charge in [-0.05, 0) is 39.5 Å². The van der Waals surface area contributed by atoms with Crippen LogP contribution in [0.3, 0.4) is 0 Å². The van der Waals surface area contributed by atoms with E-state index in [-0.39, 0.29) is 11.9 Å². The largest absolute Gasteiger partial charge is 0.466 e. The third-order valence-electron chi connectivity index (χ3n) is 2.94. The molecule has 1 atom stereocenters. The van der Waals surface area contributed by atoms with Crippen LogP contribution in [0.1, 0.15) is 47.5 Å². The summed E-state index contributed by atoms with van der Waals surface area (Å²) in [6.07, 6.45) is 1.19. The van der Waals surface area contributed by atoms with Gasteiger partial charge in [-0.3, -0.25) is 9.59 Å². The number of nitrogens with one attached hydrogen (secondary N) is 1. The average molecular weight is 272 g/mol. The van der Waals surface area contributed by atoms with Crippen molar-refractivity contribution in [3.63, 3.8) is 0 Å². The Bertz CT molecular complexity index is 301. The maximum atomic E-state index is 11.7. The topological polar surface area (TPSA) is 81.4 Å². The highest BCUT2D eigenvalue weighted by Gasteiger charge is 2.29. The van der Waals surface area contributed by atoms with Crippen molar-refractivity contribution in [3.8, 4) is 0 Å². The molecule has 0 spiro atoms. The summed E-state index contributed by atoms with van der Waals surface area (Å²) in [5.74, 6) is -0.0131. The molecule has 0 aliphatic carbocycles. The van der Waals surface area contributed by atoms with Gasteiger partial charge in [0.1, 0.15) is 0 Å². The number of esters is 1. The zero-order valence-corrected chi connectivity index (χ0v) is 12.8. The van der Waals surface area contributed by atoms with Crippen molar-refractivity contribution in [3.05, 3.63) is 0 Å². The van der Waals surface area contributed by atoms with Gasteiger partial charge in [0, 0.05) is 6.54 Å². The van der Waals surface area contributed by atoms with E-state index < -0.39 is 11.5 Å². The van der Waals surface area contributed by atoms with E-state index in [1.54, 1.807) is 6.92 Å². The maximum absolute atomic E-state index is 11.7. The molecule has 0 rings (SSSR count). The molecular formula is C14H28N2O3. The van der Waals surface area contributed by atoms with Gasteiger partial charge in [-0.25, -0.2) is 0 Å². The van der Waals surface area contributed by atoms with Gasteiger partial charge in [0.15, 0.2) is 0 Å². The van der Waals surface area contributed by atoms with Crippen LogP contribution < -0.4 is 11.1 Å². The van der Waals surface area contributed by atoms with Crippen molar-refractivity contribution >= 4 is 11.9 Å². The molecule has 0 heterocycles. The third kappa shape index (κ3) is 7.15. The number of hydrogen-bond acceptors (Lipinski definition) is 4. The van der Waals surface area contributed by atoms with Crippen LogP contribution in [0.15, 0.2) is 0 Å². The van der Waals surface area contributed by atoms with Crippen LogP contribution in [0.25, 0.3) is 0 Å². The molecule has 5 heteroatoms. The minimum absolute atomic E-state index is 0.159. The summed E-state index contributed by atoms with van der Waals surface area (Å²) < 4.78 is 4.99. The number of carbonyl (C=O) groups is 2. The molecule has 3 N–H and O–H groups in total. The second kappa shape index (κ2) is 8.15. The molecule has 0 aromatic rings. The van der Waals surface area contributed by atoms with Crippen LogP contribution in [0, 0.1) is 11.3 Å². The highest BCUT2D eigenvalue weighted by Crippen LogP contribution is 2.21. The summed E-state index contributed by atoms with van der Waals surface area (Å²) in [6, 6.07) is -0.481. The predicted molar refractivity (Wildman–Crippen MR) is 75.5 cm³/mol. The first-order valence-electron chi connectivity index (χ1n) is 6.91. The fourth-order valence-corrected chi connectivity index (χ4v) is 1.67. The normalized spacial score (nSPS) is 13.2. The number of ether oxygens (including phenoxy) is 1. The lowest BCUT2D eigenvalue weighted by molar-refractivity contribution is -0.153. The molecule has 0 fully saturated rings. The lowest BCUT2D eigenvalue weighted by Crippen LogP contribution is -2.43. The Labute approximate surface area is 116 Å². The molecule has 0 saturated carbocycles. The van der Waals surface area contributed by atoms with Gasteiger partial charge in [-0.15, -0.1) is 0 Å². The van der Waals surface area contributed by atoms with Gasteiger partial charge in [-0.1, -0.05) is 13.8 Å². The lowest BCUT2D eigenvalue weighted by Gasteiger charge is -2.22. The summed E-state index contributed by atoms with van der Waals surface area (Å²) in [5, 5.41) is 2.77. The first-order valence-corrected chi connectivity index (χ1v) is 6.91. The van der Waals surface area contributed by atoms with Crippen molar-refractivity contribution in [2.45, 2.75) is 53.5 Å². The van der Waals surface area contributed by atoms with Gasteiger partial charge in [0.25, 0.3) is 0 Å². The van der Waals surface area contributed by atoms with Gasteiger partial charge in [-0.2, -0.15) is 0 Å². The Morgan fingerprint density at radius 3 is 2.37 bits per heavy atom. The van der Waals surface area contributed by atoms with Gasteiger partial charge in [0.2, 0.25) is 5.91 Å². The second-order valence-corrected chi connectivity index (χ2v) is 5.88. The molecule has 0 saturated heterocycles. The Morgan fingerprint density at radius 1 is 1.32 bits per heavy atom. The summed E-state index contributed by atoms with van der Waals surface area (Å²) in [7, 11) is 0. The van der Waals surface area contributed by atoms with Gasteiger partial charge >= 0.3 is 5.97 Å². The molecule has 0 radical (unpaired) electrons. The molecule has 0 aromatic heterocycles. The summed E-state index contributed by atoms with van der Waals surface area (Å²) >= 11 is 0. The van der Waals surface area contributed by atoms with Crippen LogP contribution in [0.2, 0.25) is 0 Å². The smallest absolute Gasteiger partial charge is 0.311 e. The molecular weight excluding hydrogens is 244 g/mol. The van der Waals surface area contributed by atoms with Crippen molar-refractivity contribution < 1.29 is 14.3 Å². The Morgan fingerprint density at radius 2 is 1.89 bits per heavy atom. The fraction of sp³-hybridized carbons (Fsp3) is 0.857. The molecule has 1 amide bonds. The molecule has 5 nitrogen and oxygen atoms in total. The Balaban J connectivity index is 4.08. The molecule has 0 unspecified atom stereocenters. The van der Waals surface area contributed by atoms with E-state index in [9.17, 15) is 9.59 Å². The lowest BCUT2D eigenvalue weighted by atomic mass is 9.89. The van der Waals surface area contributed by atoms with E-state index in [1.807, 2.05) is 27.7 Å². The first-order chi connectivity index (χ1) is 8.70.